The van der Waals surface area contributed by atoms with Crippen LogP contribution in [0.1, 0.15) is 5.56 Å². The van der Waals surface area contributed by atoms with Crippen LogP contribution < -0.4 is 5.32 Å². The first kappa shape index (κ1) is 11.4. The number of carbonyl (C=O) groups excluding carboxylic acids is 1. The topological polar surface area (TPSA) is 56.1 Å². The molecule has 3 unspecified atom stereocenters. The molecule has 1 N–H and O–H groups in total. The number of carbonyl (C=O) groups is 1. The summed E-state index contributed by atoms with van der Waals surface area (Å²) in [4.78, 5) is 13.5. The van der Waals surface area contributed by atoms with Crippen molar-refractivity contribution in [3.05, 3.63) is 35.9 Å². The molecule has 2 aliphatic heterocycles. The molecule has 0 aliphatic carbocycles. The normalized spacial score (nSPS) is 29.8. The van der Waals surface area contributed by atoms with Crippen molar-refractivity contribution in [3.8, 4) is 6.07 Å². The number of nitrogens with one attached hydrogen (secondary N) is 1. The second-order valence-corrected chi connectivity index (χ2v) is 5.74. The van der Waals surface area contributed by atoms with Gasteiger partial charge in [-0.2, -0.15) is 5.26 Å². The smallest absolute Gasteiger partial charge is 0.319 e. The molecule has 2 aliphatic rings. The molecule has 2 amide bonds. The van der Waals surface area contributed by atoms with E-state index in [1.165, 1.54) is 5.56 Å². The van der Waals surface area contributed by atoms with E-state index in [9.17, 15) is 4.79 Å². The summed E-state index contributed by atoms with van der Waals surface area (Å²) in [6.07, 6.45) is 0.903. The third kappa shape index (κ3) is 1.83. The maximum Gasteiger partial charge on any atom is 0.319 e. The summed E-state index contributed by atoms with van der Waals surface area (Å²) in [5.41, 5.74) is 1.26. The van der Waals surface area contributed by atoms with E-state index in [0.29, 0.717) is 11.1 Å². The fraction of sp³-hybridized carbons (Fsp3) is 0.385. The summed E-state index contributed by atoms with van der Waals surface area (Å²) < 4.78 is 0. The number of benzene rings is 1. The van der Waals surface area contributed by atoms with Crippen molar-refractivity contribution in [1.82, 2.24) is 10.2 Å². The molecule has 18 heavy (non-hydrogen) atoms. The van der Waals surface area contributed by atoms with E-state index in [4.69, 9.17) is 5.26 Å². The van der Waals surface area contributed by atoms with Crippen LogP contribution in [0.2, 0.25) is 0 Å². The van der Waals surface area contributed by atoms with Gasteiger partial charge in [-0.1, -0.05) is 30.3 Å². The SMILES string of the molecule is N#CC1NC(=O)N2CSC(Cc3ccccc3)C12. The molecular weight excluding hydrogens is 246 g/mol. The van der Waals surface area contributed by atoms with Gasteiger partial charge in [-0.3, -0.25) is 0 Å². The number of nitriles is 1. The number of nitrogens with zero attached hydrogens (tertiary/aromatic N) is 2. The quantitative estimate of drug-likeness (QED) is 0.877. The monoisotopic (exact) mass is 259 g/mol. The Labute approximate surface area is 110 Å². The molecule has 2 heterocycles. The Morgan fingerprint density at radius 1 is 1.44 bits per heavy atom. The van der Waals surface area contributed by atoms with Crippen LogP contribution in [0.4, 0.5) is 4.79 Å². The van der Waals surface area contributed by atoms with E-state index in [1.807, 2.05) is 18.2 Å². The third-order valence-corrected chi connectivity index (χ3v) is 4.77. The van der Waals surface area contributed by atoms with Crippen molar-refractivity contribution >= 4 is 17.8 Å². The van der Waals surface area contributed by atoms with Gasteiger partial charge in [-0.05, 0) is 12.0 Å². The fourth-order valence-corrected chi connectivity index (χ4v) is 4.04. The molecule has 2 fully saturated rings. The molecule has 4 nitrogen and oxygen atoms in total. The van der Waals surface area contributed by atoms with Gasteiger partial charge in [0.05, 0.1) is 18.0 Å². The molecule has 0 aromatic heterocycles. The molecule has 3 rings (SSSR count). The number of rotatable bonds is 2. The van der Waals surface area contributed by atoms with Crippen LogP contribution in [0.15, 0.2) is 30.3 Å². The Bertz CT molecular complexity index is 499. The Hall–Kier alpha value is -1.67. The van der Waals surface area contributed by atoms with Gasteiger partial charge < -0.3 is 10.2 Å². The molecule has 0 spiro atoms. The van der Waals surface area contributed by atoms with Crippen LogP contribution in [-0.4, -0.2) is 34.1 Å². The molecule has 92 valence electrons. The van der Waals surface area contributed by atoms with Gasteiger partial charge in [-0.25, -0.2) is 4.79 Å². The molecule has 0 saturated carbocycles. The molecule has 0 bridgehead atoms. The van der Waals surface area contributed by atoms with Crippen LogP contribution >= 0.6 is 11.8 Å². The van der Waals surface area contributed by atoms with Crippen molar-refractivity contribution in [1.29, 1.82) is 5.26 Å². The highest BCUT2D eigenvalue weighted by Gasteiger charge is 2.48. The van der Waals surface area contributed by atoms with E-state index in [1.54, 1.807) is 16.7 Å². The van der Waals surface area contributed by atoms with E-state index < -0.39 is 0 Å². The summed E-state index contributed by atoms with van der Waals surface area (Å²) in [6, 6.07) is 11.9. The van der Waals surface area contributed by atoms with E-state index in [0.717, 1.165) is 6.42 Å². The second kappa shape index (κ2) is 4.54. The van der Waals surface area contributed by atoms with Gasteiger partial charge >= 0.3 is 6.03 Å². The molecule has 2 saturated heterocycles. The first-order valence-corrected chi connectivity index (χ1v) is 6.97. The number of amides is 2. The molecule has 1 aromatic rings. The maximum absolute atomic E-state index is 11.7. The highest BCUT2D eigenvalue weighted by atomic mass is 32.2. The number of urea groups is 1. The summed E-state index contributed by atoms with van der Waals surface area (Å²) >= 11 is 1.77. The third-order valence-electron chi connectivity index (χ3n) is 3.47. The Kier molecular flexibility index (Phi) is 2.88. The number of thioether (sulfide) groups is 1. The van der Waals surface area contributed by atoms with E-state index >= 15 is 0 Å². The lowest BCUT2D eigenvalue weighted by molar-refractivity contribution is 0.216. The number of hydrogen-bond donors (Lipinski definition) is 1. The maximum atomic E-state index is 11.7. The van der Waals surface area contributed by atoms with Gasteiger partial charge in [-0.15, -0.1) is 11.8 Å². The van der Waals surface area contributed by atoms with Gasteiger partial charge in [0, 0.05) is 5.25 Å². The largest absolute Gasteiger partial charge is 0.320 e. The zero-order chi connectivity index (χ0) is 12.5. The molecule has 1 aromatic carbocycles. The minimum absolute atomic E-state index is 0.00714. The summed E-state index contributed by atoms with van der Waals surface area (Å²) in [6.45, 7) is 0. The van der Waals surface area contributed by atoms with Crippen LogP contribution in [0.3, 0.4) is 0 Å². The standard InChI is InChI=1S/C13H13N3OS/c14-7-10-12-11(6-9-4-2-1-3-5-9)18-8-16(12)13(17)15-10/h1-5,10-12H,6,8H2,(H,15,17). The lowest BCUT2D eigenvalue weighted by Crippen LogP contribution is -2.38. The van der Waals surface area contributed by atoms with Crippen LogP contribution in [0.5, 0.6) is 0 Å². The van der Waals surface area contributed by atoms with Gasteiger partial charge in [0.25, 0.3) is 0 Å². The number of hydrogen-bond acceptors (Lipinski definition) is 3. The van der Waals surface area contributed by atoms with Gasteiger partial charge in [0.15, 0.2) is 0 Å². The van der Waals surface area contributed by atoms with Crippen LogP contribution in [-0.2, 0) is 6.42 Å². The lowest BCUT2D eigenvalue weighted by atomic mass is 10.0. The van der Waals surface area contributed by atoms with Crippen molar-refractivity contribution in [2.75, 3.05) is 5.88 Å². The first-order chi connectivity index (χ1) is 8.79. The zero-order valence-electron chi connectivity index (χ0n) is 9.74. The van der Waals surface area contributed by atoms with E-state index in [2.05, 4.69) is 23.5 Å². The Balaban J connectivity index is 1.79. The Morgan fingerprint density at radius 3 is 2.94 bits per heavy atom. The molecule has 3 atom stereocenters. The first-order valence-electron chi connectivity index (χ1n) is 5.92. The molecular formula is C13H13N3OS. The summed E-state index contributed by atoms with van der Waals surface area (Å²) in [5, 5.41) is 12.1. The Morgan fingerprint density at radius 2 is 2.22 bits per heavy atom. The predicted octanol–water partition coefficient (Wildman–Crippen LogP) is 1.59. The minimum atomic E-state index is -0.374. The van der Waals surface area contributed by atoms with E-state index in [-0.39, 0.29) is 18.1 Å². The highest BCUT2D eigenvalue weighted by Crippen LogP contribution is 2.36. The summed E-state index contributed by atoms with van der Waals surface area (Å²) in [5.74, 6) is 0.687. The van der Waals surface area contributed by atoms with Gasteiger partial charge in [0.2, 0.25) is 0 Å². The fourth-order valence-electron chi connectivity index (χ4n) is 2.59. The minimum Gasteiger partial charge on any atom is -0.320 e. The number of fused-ring (bicyclic) bond motifs is 1. The second-order valence-electron chi connectivity index (χ2n) is 4.54. The van der Waals surface area contributed by atoms with Crippen molar-refractivity contribution in [3.63, 3.8) is 0 Å². The molecule has 5 heteroatoms. The van der Waals surface area contributed by atoms with Gasteiger partial charge in [0.1, 0.15) is 6.04 Å². The van der Waals surface area contributed by atoms with Crippen LogP contribution in [0.25, 0.3) is 0 Å². The van der Waals surface area contributed by atoms with Crippen molar-refractivity contribution in [2.45, 2.75) is 23.8 Å². The predicted molar refractivity (Wildman–Crippen MR) is 70.0 cm³/mol. The average Bonchev–Trinajstić information content (AvgIpc) is 2.93. The van der Waals surface area contributed by atoms with Crippen LogP contribution in [0, 0.1) is 11.3 Å². The lowest BCUT2D eigenvalue weighted by Gasteiger charge is -2.19. The molecule has 0 radical (unpaired) electrons. The van der Waals surface area contributed by atoms with Crippen molar-refractivity contribution in [2.24, 2.45) is 0 Å². The highest BCUT2D eigenvalue weighted by molar-refractivity contribution is 8.00. The average molecular weight is 259 g/mol. The summed E-state index contributed by atoms with van der Waals surface area (Å²) in [7, 11) is 0. The van der Waals surface area contributed by atoms with Crippen molar-refractivity contribution < 1.29 is 4.79 Å². The zero-order valence-corrected chi connectivity index (χ0v) is 10.6.